The van der Waals surface area contributed by atoms with Gasteiger partial charge in [0.05, 0.1) is 21.3 Å². The van der Waals surface area contributed by atoms with E-state index in [9.17, 15) is 14.4 Å². The van der Waals surface area contributed by atoms with Crippen LogP contribution in [0.5, 0.6) is 0 Å². The van der Waals surface area contributed by atoms with Gasteiger partial charge in [-0.2, -0.15) is 5.06 Å². The second-order valence-corrected chi connectivity index (χ2v) is 5.18. The van der Waals surface area contributed by atoms with E-state index in [-0.39, 0.29) is 0 Å². The van der Waals surface area contributed by atoms with Crippen LogP contribution in [0.25, 0.3) is 0 Å². The van der Waals surface area contributed by atoms with Crippen molar-refractivity contribution in [1.82, 2.24) is 5.06 Å². The van der Waals surface area contributed by atoms with Gasteiger partial charge in [0.15, 0.2) is 0 Å². The Morgan fingerprint density at radius 2 is 1.54 bits per heavy atom. The number of methoxy groups -OCH3 is 3. The van der Waals surface area contributed by atoms with Crippen molar-refractivity contribution in [2.75, 3.05) is 28.4 Å². The maximum absolute atomic E-state index is 12.5. The molecule has 0 saturated carbocycles. The van der Waals surface area contributed by atoms with E-state index in [1.807, 2.05) is 0 Å². The van der Waals surface area contributed by atoms with Gasteiger partial charge >= 0.3 is 17.9 Å². The summed E-state index contributed by atoms with van der Waals surface area (Å²) in [7, 11) is 4.77. The number of nitrogens with zero attached hydrogens (tertiary/aromatic N) is 1. The van der Waals surface area contributed by atoms with Gasteiger partial charge in [-0.3, -0.25) is 9.63 Å². The molecule has 0 bridgehead atoms. The zero-order chi connectivity index (χ0) is 17.9. The van der Waals surface area contributed by atoms with E-state index in [2.05, 4.69) is 0 Å². The maximum Gasteiger partial charge on any atom is 0.341 e. The number of benzene rings is 1. The van der Waals surface area contributed by atoms with E-state index in [1.165, 1.54) is 14.2 Å². The summed E-state index contributed by atoms with van der Waals surface area (Å²) in [5.41, 5.74) is -1.49. The van der Waals surface area contributed by atoms with Crippen LogP contribution in [-0.4, -0.2) is 56.9 Å². The summed E-state index contributed by atoms with van der Waals surface area (Å²) in [5.74, 6) is -4.02. The van der Waals surface area contributed by atoms with Crippen LogP contribution in [0, 0.1) is 5.92 Å². The molecule has 8 nitrogen and oxygen atoms in total. The SMILES string of the molecule is COC(=O)[C@H]1[C@H](c2ccccc2)ON(C)C1(C(=O)OC)C(=O)OC. The number of hydrogen-bond acceptors (Lipinski definition) is 8. The Morgan fingerprint density at radius 3 is 2.00 bits per heavy atom. The van der Waals surface area contributed by atoms with E-state index < -0.39 is 35.5 Å². The van der Waals surface area contributed by atoms with Crippen molar-refractivity contribution in [3.63, 3.8) is 0 Å². The lowest BCUT2D eigenvalue weighted by molar-refractivity contribution is -0.203. The van der Waals surface area contributed by atoms with Gasteiger partial charge in [-0.25, -0.2) is 9.59 Å². The fourth-order valence-corrected chi connectivity index (χ4v) is 2.95. The zero-order valence-corrected chi connectivity index (χ0v) is 13.8. The van der Waals surface area contributed by atoms with Crippen molar-refractivity contribution in [3.05, 3.63) is 35.9 Å². The highest BCUT2D eigenvalue weighted by molar-refractivity contribution is 6.09. The molecule has 0 radical (unpaired) electrons. The molecule has 1 heterocycles. The highest BCUT2D eigenvalue weighted by Gasteiger charge is 2.69. The van der Waals surface area contributed by atoms with Crippen molar-refractivity contribution < 1.29 is 33.4 Å². The van der Waals surface area contributed by atoms with Crippen LogP contribution in [0.2, 0.25) is 0 Å². The number of rotatable bonds is 4. The second kappa shape index (κ2) is 6.98. The van der Waals surface area contributed by atoms with E-state index in [4.69, 9.17) is 19.0 Å². The van der Waals surface area contributed by atoms with E-state index in [0.717, 1.165) is 19.3 Å². The number of hydrogen-bond donors (Lipinski definition) is 0. The fourth-order valence-electron chi connectivity index (χ4n) is 2.95. The van der Waals surface area contributed by atoms with Crippen molar-refractivity contribution in [2.24, 2.45) is 5.92 Å². The summed E-state index contributed by atoms with van der Waals surface area (Å²) in [6.45, 7) is 0. The fraction of sp³-hybridized carbons (Fsp3) is 0.438. The van der Waals surface area contributed by atoms with Crippen LogP contribution in [0.4, 0.5) is 0 Å². The van der Waals surface area contributed by atoms with Crippen LogP contribution in [0.15, 0.2) is 30.3 Å². The molecule has 2 rings (SSSR count). The van der Waals surface area contributed by atoms with Gasteiger partial charge in [0.1, 0.15) is 12.0 Å². The molecule has 1 aromatic carbocycles. The van der Waals surface area contributed by atoms with Crippen molar-refractivity contribution >= 4 is 17.9 Å². The third-order valence-corrected chi connectivity index (χ3v) is 4.10. The molecule has 0 spiro atoms. The van der Waals surface area contributed by atoms with Gasteiger partial charge in [-0.1, -0.05) is 30.3 Å². The smallest absolute Gasteiger partial charge is 0.341 e. The minimum absolute atomic E-state index is 0.606. The lowest BCUT2D eigenvalue weighted by Gasteiger charge is -2.31. The molecule has 0 aromatic heterocycles. The highest BCUT2D eigenvalue weighted by Crippen LogP contribution is 2.46. The largest absolute Gasteiger partial charge is 0.469 e. The predicted octanol–water partition coefficient (Wildman–Crippen LogP) is 0.479. The molecule has 1 aliphatic rings. The number of likely N-dealkylation sites (N-methyl/N-ethyl adjacent to an activating group) is 1. The molecular weight excluding hydrogens is 318 g/mol. The lowest BCUT2D eigenvalue weighted by Crippen LogP contribution is -2.61. The summed E-state index contributed by atoms with van der Waals surface area (Å²) < 4.78 is 14.4. The summed E-state index contributed by atoms with van der Waals surface area (Å²) in [6.07, 6.45) is -0.915. The van der Waals surface area contributed by atoms with Crippen molar-refractivity contribution in [1.29, 1.82) is 0 Å². The number of carbonyl (C=O) groups excluding carboxylic acids is 3. The first-order valence-corrected chi connectivity index (χ1v) is 7.15. The normalized spacial score (nSPS) is 22.7. The molecule has 24 heavy (non-hydrogen) atoms. The monoisotopic (exact) mass is 337 g/mol. The average molecular weight is 337 g/mol. The number of carbonyl (C=O) groups is 3. The van der Waals surface area contributed by atoms with Gasteiger partial charge in [-0.15, -0.1) is 0 Å². The molecule has 1 fully saturated rings. The summed E-state index contributed by atoms with van der Waals surface area (Å²) in [6, 6.07) is 8.74. The molecule has 130 valence electrons. The molecule has 1 aromatic rings. The molecular formula is C16H19NO7. The first-order chi connectivity index (χ1) is 11.4. The van der Waals surface area contributed by atoms with Crippen molar-refractivity contribution in [3.8, 4) is 0 Å². The first kappa shape index (κ1) is 17.9. The summed E-state index contributed by atoms with van der Waals surface area (Å²) >= 11 is 0. The van der Waals surface area contributed by atoms with Gasteiger partial charge in [0, 0.05) is 7.05 Å². The summed E-state index contributed by atoms with van der Waals surface area (Å²) in [4.78, 5) is 43.1. The minimum Gasteiger partial charge on any atom is -0.469 e. The van der Waals surface area contributed by atoms with E-state index >= 15 is 0 Å². The van der Waals surface area contributed by atoms with Gasteiger partial charge in [0.25, 0.3) is 5.54 Å². The third-order valence-electron chi connectivity index (χ3n) is 4.10. The van der Waals surface area contributed by atoms with Gasteiger partial charge < -0.3 is 14.2 Å². The Bertz CT molecular complexity index is 615. The maximum atomic E-state index is 12.5. The standard InChI is InChI=1S/C16H19NO7/c1-17-16(14(19)22-3,15(20)23-4)11(13(18)21-2)12(24-17)10-8-6-5-7-9-10/h5-9,11-12H,1-4H3/t11-,12+/m1/s1. The molecule has 1 aliphatic heterocycles. The molecule has 0 amide bonds. The number of ether oxygens (including phenoxy) is 3. The number of hydroxylamine groups is 2. The Labute approximate surface area is 139 Å². The highest BCUT2D eigenvalue weighted by atomic mass is 16.7. The molecule has 0 unspecified atom stereocenters. The Balaban J connectivity index is 2.65. The molecule has 2 atom stereocenters. The quantitative estimate of drug-likeness (QED) is 0.445. The third kappa shape index (κ3) is 2.53. The van der Waals surface area contributed by atoms with Crippen LogP contribution in [-0.2, 0) is 33.4 Å². The molecule has 8 heteroatoms. The van der Waals surface area contributed by atoms with Crippen molar-refractivity contribution in [2.45, 2.75) is 11.6 Å². The predicted molar refractivity (Wildman–Crippen MR) is 80.3 cm³/mol. The topological polar surface area (TPSA) is 91.4 Å². The molecule has 1 saturated heterocycles. The Morgan fingerprint density at radius 1 is 1.00 bits per heavy atom. The Hall–Kier alpha value is -2.45. The molecule has 0 N–H and O–H groups in total. The Kier molecular flexibility index (Phi) is 5.20. The average Bonchev–Trinajstić information content (AvgIpc) is 2.94. The molecule has 0 aliphatic carbocycles. The van der Waals surface area contributed by atoms with E-state index in [1.54, 1.807) is 30.3 Å². The van der Waals surface area contributed by atoms with Crippen LogP contribution in [0.1, 0.15) is 11.7 Å². The van der Waals surface area contributed by atoms with Crippen LogP contribution >= 0.6 is 0 Å². The van der Waals surface area contributed by atoms with Gasteiger partial charge in [-0.05, 0) is 5.56 Å². The van der Waals surface area contributed by atoms with E-state index in [0.29, 0.717) is 5.56 Å². The number of esters is 3. The lowest BCUT2D eigenvalue weighted by atomic mass is 9.78. The second-order valence-electron chi connectivity index (χ2n) is 5.18. The first-order valence-electron chi connectivity index (χ1n) is 7.15. The van der Waals surface area contributed by atoms with Crippen LogP contribution < -0.4 is 0 Å². The van der Waals surface area contributed by atoms with Crippen LogP contribution in [0.3, 0.4) is 0 Å². The minimum atomic E-state index is -2.10. The zero-order valence-electron chi connectivity index (χ0n) is 13.8. The van der Waals surface area contributed by atoms with Gasteiger partial charge in [0.2, 0.25) is 0 Å². The summed E-state index contributed by atoms with van der Waals surface area (Å²) in [5, 5.41) is 1.00.